The number of hydrogen-bond donors (Lipinski definition) is 2. The van der Waals surface area contributed by atoms with Gasteiger partial charge in [-0.25, -0.2) is 0 Å². The third kappa shape index (κ3) is 3.43. The largest absolute Gasteiger partial charge is 0.396 e. The van der Waals surface area contributed by atoms with Crippen LogP contribution in [0.15, 0.2) is 0 Å². The smallest absolute Gasteiger partial charge is 0.110 e. The quantitative estimate of drug-likeness (QED) is 0.723. The van der Waals surface area contributed by atoms with E-state index in [9.17, 15) is 5.26 Å². The summed E-state index contributed by atoms with van der Waals surface area (Å²) in [5.74, 6) is 1.58. The van der Waals surface area contributed by atoms with E-state index in [-0.39, 0.29) is 12.1 Å². The topological polar surface area (TPSA) is 56.0 Å². The summed E-state index contributed by atoms with van der Waals surface area (Å²) < 4.78 is 0. The van der Waals surface area contributed by atoms with Crippen molar-refractivity contribution in [2.75, 3.05) is 13.2 Å². The first-order valence-electron chi connectivity index (χ1n) is 6.83. The fraction of sp³-hybridized carbons (Fsp3) is 0.929. The first-order chi connectivity index (χ1) is 8.05. The highest BCUT2D eigenvalue weighted by molar-refractivity contribution is 5.14. The Morgan fingerprint density at radius 2 is 2.18 bits per heavy atom. The lowest BCUT2D eigenvalue weighted by atomic mass is 9.65. The van der Waals surface area contributed by atoms with E-state index in [0.717, 1.165) is 25.8 Å². The monoisotopic (exact) mass is 238 g/mol. The Balaban J connectivity index is 2.77. The highest BCUT2D eigenvalue weighted by atomic mass is 16.3. The lowest BCUT2D eigenvalue weighted by Gasteiger charge is -2.44. The maximum Gasteiger partial charge on any atom is 0.110 e. The maximum absolute atomic E-state index is 9.60. The maximum atomic E-state index is 9.60. The van der Waals surface area contributed by atoms with E-state index in [0.29, 0.717) is 17.8 Å². The molecule has 1 rings (SSSR count). The van der Waals surface area contributed by atoms with Gasteiger partial charge in [0.25, 0.3) is 0 Å². The molecule has 2 N–H and O–H groups in total. The van der Waals surface area contributed by atoms with Gasteiger partial charge in [-0.2, -0.15) is 5.26 Å². The molecule has 0 aromatic heterocycles. The lowest BCUT2D eigenvalue weighted by Crippen LogP contribution is -2.55. The zero-order valence-corrected chi connectivity index (χ0v) is 11.4. The fourth-order valence-electron chi connectivity index (χ4n) is 3.18. The highest BCUT2D eigenvalue weighted by Gasteiger charge is 2.44. The van der Waals surface area contributed by atoms with Crippen LogP contribution in [-0.2, 0) is 0 Å². The molecule has 0 aromatic carbocycles. The summed E-state index contributed by atoms with van der Waals surface area (Å²) >= 11 is 0. The molecule has 0 aliphatic heterocycles. The van der Waals surface area contributed by atoms with Crippen molar-refractivity contribution in [3.63, 3.8) is 0 Å². The molecule has 0 spiro atoms. The Hall–Kier alpha value is -0.590. The summed E-state index contributed by atoms with van der Waals surface area (Å²) in [5, 5.41) is 21.9. The van der Waals surface area contributed by atoms with Gasteiger partial charge < -0.3 is 5.11 Å². The molecule has 1 saturated carbocycles. The van der Waals surface area contributed by atoms with Crippen LogP contribution in [0.1, 0.15) is 46.5 Å². The van der Waals surface area contributed by atoms with Gasteiger partial charge in [-0.15, -0.1) is 0 Å². The summed E-state index contributed by atoms with van der Waals surface area (Å²) in [6.45, 7) is 7.58. The van der Waals surface area contributed by atoms with Crippen molar-refractivity contribution < 1.29 is 5.11 Å². The number of nitrogens with zero attached hydrogens (tertiary/aromatic N) is 1. The third-order valence-corrected chi connectivity index (χ3v) is 4.05. The summed E-state index contributed by atoms with van der Waals surface area (Å²) in [6, 6.07) is 2.55. The molecule has 3 nitrogen and oxygen atoms in total. The first-order valence-corrected chi connectivity index (χ1v) is 6.83. The second-order valence-electron chi connectivity index (χ2n) is 5.82. The molecule has 0 radical (unpaired) electrons. The Morgan fingerprint density at radius 3 is 2.71 bits per heavy atom. The third-order valence-electron chi connectivity index (χ3n) is 4.05. The van der Waals surface area contributed by atoms with Gasteiger partial charge in [0.05, 0.1) is 6.07 Å². The molecule has 0 bridgehead atoms. The summed E-state index contributed by atoms with van der Waals surface area (Å²) in [5.41, 5.74) is -0.374. The Kier molecular flexibility index (Phi) is 5.42. The predicted octanol–water partition coefficient (Wildman–Crippen LogP) is 2.31. The van der Waals surface area contributed by atoms with Gasteiger partial charge in [0.2, 0.25) is 0 Å². The molecule has 3 heteroatoms. The summed E-state index contributed by atoms with van der Waals surface area (Å²) in [4.78, 5) is 0. The van der Waals surface area contributed by atoms with Crippen molar-refractivity contribution >= 4 is 0 Å². The molecule has 1 aliphatic carbocycles. The number of aliphatic hydroxyl groups excluding tert-OH is 1. The van der Waals surface area contributed by atoms with Crippen LogP contribution in [-0.4, -0.2) is 23.8 Å². The predicted molar refractivity (Wildman–Crippen MR) is 69.4 cm³/mol. The van der Waals surface area contributed by atoms with E-state index in [2.05, 4.69) is 32.2 Å². The normalized spacial score (nSPS) is 33.6. The van der Waals surface area contributed by atoms with E-state index in [1.165, 1.54) is 6.42 Å². The van der Waals surface area contributed by atoms with Gasteiger partial charge in [-0.3, -0.25) is 5.32 Å². The van der Waals surface area contributed by atoms with Crippen LogP contribution in [0.25, 0.3) is 0 Å². The molecule has 0 aromatic rings. The van der Waals surface area contributed by atoms with Gasteiger partial charge in [0, 0.05) is 6.61 Å². The standard InChI is InChI=1S/C14H26N2O/c1-11(2)13-6-5-12(3)9-14(13,10-15)16-7-4-8-17/h11-13,16-17H,4-9H2,1-3H3. The Morgan fingerprint density at radius 1 is 1.47 bits per heavy atom. The minimum atomic E-state index is -0.374. The zero-order chi connectivity index (χ0) is 12.9. The molecule has 3 atom stereocenters. The lowest BCUT2D eigenvalue weighted by molar-refractivity contribution is 0.117. The zero-order valence-electron chi connectivity index (χ0n) is 11.4. The van der Waals surface area contributed by atoms with E-state index in [4.69, 9.17) is 5.11 Å². The number of hydrogen-bond acceptors (Lipinski definition) is 3. The molecule has 0 heterocycles. The molecule has 0 saturated heterocycles. The van der Waals surface area contributed by atoms with Crippen LogP contribution in [0.5, 0.6) is 0 Å². The number of rotatable bonds is 5. The highest BCUT2D eigenvalue weighted by Crippen LogP contribution is 2.40. The minimum Gasteiger partial charge on any atom is -0.396 e. The molecule has 0 amide bonds. The van der Waals surface area contributed by atoms with Crippen LogP contribution < -0.4 is 5.32 Å². The minimum absolute atomic E-state index is 0.191. The molecule has 17 heavy (non-hydrogen) atoms. The number of nitrogens with one attached hydrogen (secondary N) is 1. The van der Waals surface area contributed by atoms with Crippen LogP contribution in [0.2, 0.25) is 0 Å². The van der Waals surface area contributed by atoms with Crippen molar-refractivity contribution in [2.24, 2.45) is 17.8 Å². The Bertz CT molecular complexity index is 272. The SMILES string of the molecule is CC1CCC(C(C)C)C(C#N)(NCCCO)C1. The second kappa shape index (κ2) is 6.37. The molecular formula is C14H26N2O. The van der Waals surface area contributed by atoms with Crippen molar-refractivity contribution in [2.45, 2.75) is 52.0 Å². The van der Waals surface area contributed by atoms with Crippen molar-refractivity contribution in [1.82, 2.24) is 5.32 Å². The van der Waals surface area contributed by atoms with E-state index < -0.39 is 0 Å². The number of nitriles is 1. The second-order valence-corrected chi connectivity index (χ2v) is 5.82. The molecule has 98 valence electrons. The van der Waals surface area contributed by atoms with Crippen LogP contribution >= 0.6 is 0 Å². The van der Waals surface area contributed by atoms with Gasteiger partial charge in [-0.05, 0) is 43.6 Å². The molecular weight excluding hydrogens is 212 g/mol. The first kappa shape index (κ1) is 14.5. The van der Waals surface area contributed by atoms with Gasteiger partial charge >= 0.3 is 0 Å². The number of aliphatic hydroxyl groups is 1. The molecule has 1 aliphatic rings. The van der Waals surface area contributed by atoms with Gasteiger partial charge in [0.1, 0.15) is 5.54 Å². The van der Waals surface area contributed by atoms with Crippen LogP contribution in [0.3, 0.4) is 0 Å². The molecule has 3 unspecified atom stereocenters. The fourth-order valence-corrected chi connectivity index (χ4v) is 3.18. The Labute approximate surface area is 105 Å². The van der Waals surface area contributed by atoms with Crippen molar-refractivity contribution in [3.05, 3.63) is 0 Å². The summed E-state index contributed by atoms with van der Waals surface area (Å²) in [7, 11) is 0. The van der Waals surface area contributed by atoms with Gasteiger partial charge in [-0.1, -0.05) is 27.2 Å². The van der Waals surface area contributed by atoms with Crippen molar-refractivity contribution in [3.8, 4) is 6.07 Å². The molecule has 1 fully saturated rings. The average molecular weight is 238 g/mol. The van der Waals surface area contributed by atoms with E-state index in [1.54, 1.807) is 0 Å². The van der Waals surface area contributed by atoms with Crippen LogP contribution in [0, 0.1) is 29.1 Å². The van der Waals surface area contributed by atoms with Gasteiger partial charge in [0.15, 0.2) is 0 Å². The van der Waals surface area contributed by atoms with E-state index in [1.807, 2.05) is 0 Å². The summed E-state index contributed by atoms with van der Waals surface area (Å²) in [6.07, 6.45) is 4.03. The van der Waals surface area contributed by atoms with Crippen molar-refractivity contribution in [1.29, 1.82) is 5.26 Å². The average Bonchev–Trinajstić information content (AvgIpc) is 2.29. The van der Waals surface area contributed by atoms with E-state index >= 15 is 0 Å². The van der Waals surface area contributed by atoms with Crippen LogP contribution in [0.4, 0.5) is 0 Å².